The van der Waals surface area contributed by atoms with E-state index in [2.05, 4.69) is 31.1 Å². The molecule has 1 fully saturated rings. The largest absolute Gasteiger partial charge is 0.473 e. The fourth-order valence-electron chi connectivity index (χ4n) is 3.41. The van der Waals surface area contributed by atoms with Crippen LogP contribution in [0.15, 0.2) is 48.7 Å². The lowest BCUT2D eigenvalue weighted by Crippen LogP contribution is -2.32. The number of nitrogens with zero attached hydrogens (tertiary/aromatic N) is 4. The SMILES string of the molecule is Nc1n[nH]c(C2CCN(Cc3ccc(OCc4ccccc4)nc3)CC2)n1. The fraction of sp³-hybridized carbons (Fsp3) is 0.350. The van der Waals surface area contributed by atoms with Crippen LogP contribution < -0.4 is 10.5 Å². The van der Waals surface area contributed by atoms with Crippen molar-refractivity contribution in [1.82, 2.24) is 25.1 Å². The van der Waals surface area contributed by atoms with E-state index in [1.165, 1.54) is 5.56 Å². The normalized spacial score (nSPS) is 15.7. The van der Waals surface area contributed by atoms with Crippen molar-refractivity contribution >= 4 is 5.95 Å². The molecule has 3 N–H and O–H groups in total. The molecule has 0 spiro atoms. The van der Waals surface area contributed by atoms with E-state index in [0.29, 0.717) is 24.4 Å². The second-order valence-electron chi connectivity index (χ2n) is 6.91. The summed E-state index contributed by atoms with van der Waals surface area (Å²) >= 11 is 0. The quantitative estimate of drug-likeness (QED) is 0.699. The molecule has 0 unspecified atom stereocenters. The number of nitrogens with one attached hydrogen (secondary N) is 1. The molecule has 0 bridgehead atoms. The van der Waals surface area contributed by atoms with Crippen molar-refractivity contribution in [2.75, 3.05) is 18.8 Å². The predicted octanol–water partition coefficient (Wildman–Crippen LogP) is 2.74. The van der Waals surface area contributed by atoms with Gasteiger partial charge >= 0.3 is 0 Å². The Balaban J connectivity index is 1.25. The van der Waals surface area contributed by atoms with E-state index in [4.69, 9.17) is 10.5 Å². The minimum atomic E-state index is 0.327. The number of rotatable bonds is 6. The van der Waals surface area contributed by atoms with Crippen molar-refractivity contribution in [3.05, 3.63) is 65.6 Å². The fourth-order valence-corrected chi connectivity index (χ4v) is 3.41. The van der Waals surface area contributed by atoms with Gasteiger partial charge in [0.25, 0.3) is 0 Å². The highest BCUT2D eigenvalue weighted by molar-refractivity contribution is 5.20. The van der Waals surface area contributed by atoms with Gasteiger partial charge in [-0.2, -0.15) is 4.98 Å². The molecule has 140 valence electrons. The number of piperidine rings is 1. The standard InChI is InChI=1S/C20H24N6O/c21-20-23-19(24-25-20)17-8-10-26(11-9-17)13-16-6-7-18(22-12-16)27-14-15-4-2-1-3-5-15/h1-7,12,17H,8-11,13-14H2,(H3,21,23,24,25). The van der Waals surface area contributed by atoms with E-state index in [1.54, 1.807) is 0 Å². The van der Waals surface area contributed by atoms with Crippen LogP contribution >= 0.6 is 0 Å². The molecule has 0 atom stereocenters. The van der Waals surface area contributed by atoms with Crippen LogP contribution in [-0.2, 0) is 13.2 Å². The molecule has 1 aromatic carbocycles. The van der Waals surface area contributed by atoms with Gasteiger partial charge in [-0.05, 0) is 37.1 Å². The third-order valence-corrected chi connectivity index (χ3v) is 4.93. The summed E-state index contributed by atoms with van der Waals surface area (Å²) in [6.45, 7) is 3.49. The molecule has 7 heteroatoms. The number of benzene rings is 1. The second-order valence-corrected chi connectivity index (χ2v) is 6.91. The van der Waals surface area contributed by atoms with E-state index in [9.17, 15) is 0 Å². The molecule has 0 saturated carbocycles. The van der Waals surface area contributed by atoms with Crippen LogP contribution in [0, 0.1) is 0 Å². The molecular formula is C20H24N6O. The Morgan fingerprint density at radius 1 is 1.07 bits per heavy atom. The van der Waals surface area contributed by atoms with Crippen LogP contribution in [0.1, 0.15) is 35.7 Å². The van der Waals surface area contributed by atoms with Gasteiger partial charge in [0.05, 0.1) is 0 Å². The first-order valence-electron chi connectivity index (χ1n) is 9.28. The summed E-state index contributed by atoms with van der Waals surface area (Å²) < 4.78 is 5.75. The molecule has 27 heavy (non-hydrogen) atoms. The van der Waals surface area contributed by atoms with Gasteiger partial charge in [-0.1, -0.05) is 36.4 Å². The third kappa shape index (κ3) is 4.62. The van der Waals surface area contributed by atoms with Crippen molar-refractivity contribution < 1.29 is 4.74 Å². The molecule has 4 rings (SSSR count). The molecule has 1 aliphatic heterocycles. The van der Waals surface area contributed by atoms with Crippen LogP contribution in [0.5, 0.6) is 5.88 Å². The summed E-state index contributed by atoms with van der Waals surface area (Å²) in [5.41, 5.74) is 7.94. The van der Waals surface area contributed by atoms with Crippen LogP contribution in [0.25, 0.3) is 0 Å². The number of aromatic nitrogens is 4. The Morgan fingerprint density at radius 2 is 1.89 bits per heavy atom. The van der Waals surface area contributed by atoms with Gasteiger partial charge in [-0.15, -0.1) is 5.10 Å². The number of aromatic amines is 1. The Bertz CT molecular complexity index is 840. The zero-order valence-corrected chi connectivity index (χ0v) is 15.2. The lowest BCUT2D eigenvalue weighted by atomic mass is 9.96. The topological polar surface area (TPSA) is 93.0 Å². The maximum Gasteiger partial charge on any atom is 0.239 e. The van der Waals surface area contributed by atoms with Gasteiger partial charge in [0.15, 0.2) is 0 Å². The predicted molar refractivity (Wildman–Crippen MR) is 103 cm³/mol. The average molecular weight is 364 g/mol. The van der Waals surface area contributed by atoms with Gasteiger partial charge in [-0.3, -0.25) is 10.00 Å². The van der Waals surface area contributed by atoms with Gasteiger partial charge in [0.2, 0.25) is 11.8 Å². The highest BCUT2D eigenvalue weighted by Crippen LogP contribution is 2.26. The maximum atomic E-state index is 5.75. The molecule has 3 heterocycles. The van der Waals surface area contributed by atoms with E-state index in [0.717, 1.165) is 43.9 Å². The van der Waals surface area contributed by atoms with Crippen LogP contribution in [0.3, 0.4) is 0 Å². The first-order chi connectivity index (χ1) is 13.3. The van der Waals surface area contributed by atoms with Crippen molar-refractivity contribution in [3.8, 4) is 5.88 Å². The summed E-state index contributed by atoms with van der Waals surface area (Å²) in [6.07, 6.45) is 4.02. The van der Waals surface area contributed by atoms with Crippen LogP contribution in [0.4, 0.5) is 5.95 Å². The molecule has 3 aromatic rings. The van der Waals surface area contributed by atoms with Crippen molar-refractivity contribution in [1.29, 1.82) is 0 Å². The lowest BCUT2D eigenvalue weighted by Gasteiger charge is -2.30. The van der Waals surface area contributed by atoms with E-state index in [-0.39, 0.29) is 0 Å². The summed E-state index contributed by atoms with van der Waals surface area (Å²) in [4.78, 5) is 11.1. The van der Waals surface area contributed by atoms with Gasteiger partial charge in [-0.25, -0.2) is 4.98 Å². The van der Waals surface area contributed by atoms with E-state index in [1.807, 2.05) is 42.6 Å². The minimum Gasteiger partial charge on any atom is -0.473 e. The number of likely N-dealkylation sites (tertiary alicyclic amines) is 1. The first-order valence-corrected chi connectivity index (χ1v) is 9.28. The number of hydrogen-bond donors (Lipinski definition) is 2. The third-order valence-electron chi connectivity index (χ3n) is 4.93. The molecule has 0 amide bonds. The monoisotopic (exact) mass is 364 g/mol. The maximum absolute atomic E-state index is 5.75. The zero-order valence-electron chi connectivity index (χ0n) is 15.2. The molecule has 2 aromatic heterocycles. The van der Waals surface area contributed by atoms with Gasteiger partial charge in [0.1, 0.15) is 12.4 Å². The van der Waals surface area contributed by atoms with Crippen LogP contribution in [-0.4, -0.2) is 38.2 Å². The van der Waals surface area contributed by atoms with E-state index < -0.39 is 0 Å². The number of nitrogens with two attached hydrogens (primary N) is 1. The highest BCUT2D eigenvalue weighted by atomic mass is 16.5. The van der Waals surface area contributed by atoms with E-state index >= 15 is 0 Å². The Morgan fingerprint density at radius 3 is 2.56 bits per heavy atom. The Kier molecular flexibility index (Phi) is 5.29. The van der Waals surface area contributed by atoms with Gasteiger partial charge < -0.3 is 10.5 Å². The molecule has 7 nitrogen and oxygen atoms in total. The number of hydrogen-bond acceptors (Lipinski definition) is 6. The van der Waals surface area contributed by atoms with Gasteiger partial charge in [0, 0.05) is 24.7 Å². The van der Waals surface area contributed by atoms with Crippen molar-refractivity contribution in [3.63, 3.8) is 0 Å². The average Bonchev–Trinajstić information content (AvgIpc) is 3.15. The smallest absolute Gasteiger partial charge is 0.239 e. The Labute approximate surface area is 158 Å². The summed E-state index contributed by atoms with van der Waals surface area (Å²) in [6, 6.07) is 14.2. The summed E-state index contributed by atoms with van der Waals surface area (Å²) in [5.74, 6) is 2.31. The van der Waals surface area contributed by atoms with Crippen molar-refractivity contribution in [2.45, 2.75) is 31.9 Å². The Hall–Kier alpha value is -2.93. The summed E-state index contributed by atoms with van der Waals surface area (Å²) in [7, 11) is 0. The lowest BCUT2D eigenvalue weighted by molar-refractivity contribution is 0.201. The molecule has 0 radical (unpaired) electrons. The highest BCUT2D eigenvalue weighted by Gasteiger charge is 2.23. The molecular weight excluding hydrogens is 340 g/mol. The second kappa shape index (κ2) is 8.18. The molecule has 1 aliphatic rings. The number of anilines is 1. The number of H-pyrrole nitrogens is 1. The molecule has 1 saturated heterocycles. The summed E-state index contributed by atoms with van der Waals surface area (Å²) in [5, 5.41) is 6.87. The zero-order chi connectivity index (χ0) is 18.5. The minimum absolute atomic E-state index is 0.327. The number of pyridine rings is 1. The van der Waals surface area contributed by atoms with Crippen molar-refractivity contribution in [2.24, 2.45) is 0 Å². The number of ether oxygens (including phenoxy) is 1. The molecule has 0 aliphatic carbocycles. The van der Waals surface area contributed by atoms with Crippen LogP contribution in [0.2, 0.25) is 0 Å². The first kappa shape index (κ1) is 17.5. The number of nitrogen functional groups attached to an aromatic ring is 1.